The van der Waals surface area contributed by atoms with Crippen molar-refractivity contribution in [3.8, 4) is 0 Å². The van der Waals surface area contributed by atoms with Crippen molar-refractivity contribution in [3.63, 3.8) is 0 Å². The molecule has 0 aliphatic carbocycles. The van der Waals surface area contributed by atoms with Crippen molar-refractivity contribution in [1.82, 2.24) is 20.0 Å². The van der Waals surface area contributed by atoms with E-state index in [2.05, 4.69) is 52.7 Å². The van der Waals surface area contributed by atoms with Crippen LogP contribution in [0.4, 0.5) is 0 Å². The van der Waals surface area contributed by atoms with Crippen LogP contribution in [0.25, 0.3) is 0 Å². The first-order valence-electron chi connectivity index (χ1n) is 10.9. The van der Waals surface area contributed by atoms with Gasteiger partial charge < -0.3 is 20.0 Å². The first-order chi connectivity index (χ1) is 12.5. The largest absolute Gasteiger partial charge is 0.356 e. The van der Waals surface area contributed by atoms with Crippen LogP contribution >= 0.6 is 24.0 Å². The van der Waals surface area contributed by atoms with Crippen molar-refractivity contribution in [2.75, 3.05) is 66.0 Å². The Balaban J connectivity index is 0.00000364. The summed E-state index contributed by atoms with van der Waals surface area (Å²) < 4.78 is 0. The molecule has 0 aromatic carbocycles. The standard InChI is InChI=1S/C21H43N5.HI/c1-6-9-21(4)10-8-11-26(18-21)20(22-5)23-16-19(3)17-25-14-12-24(7-2)13-15-25;/h19H,6-18H2,1-5H3,(H,22,23);1H. The molecule has 2 unspecified atom stereocenters. The molecule has 0 saturated carbocycles. The first kappa shape index (κ1) is 25.0. The number of hydrogen-bond acceptors (Lipinski definition) is 3. The number of aliphatic imine (C=N–C) groups is 1. The molecule has 1 N–H and O–H groups in total. The summed E-state index contributed by atoms with van der Waals surface area (Å²) in [5.74, 6) is 1.75. The number of halogens is 1. The lowest BCUT2D eigenvalue weighted by Crippen LogP contribution is -2.51. The molecule has 2 saturated heterocycles. The number of piperazine rings is 1. The normalized spacial score (nSPS) is 26.6. The summed E-state index contributed by atoms with van der Waals surface area (Å²) in [6.45, 7) is 20.0. The number of piperidine rings is 1. The molecule has 160 valence electrons. The zero-order valence-electron chi connectivity index (χ0n) is 18.5. The Hall–Kier alpha value is -0.0800. The van der Waals surface area contributed by atoms with Gasteiger partial charge in [0.2, 0.25) is 0 Å². The van der Waals surface area contributed by atoms with E-state index in [9.17, 15) is 0 Å². The molecule has 0 aromatic heterocycles. The van der Waals surface area contributed by atoms with E-state index in [1.807, 2.05) is 7.05 Å². The molecule has 27 heavy (non-hydrogen) atoms. The molecule has 0 spiro atoms. The van der Waals surface area contributed by atoms with E-state index in [-0.39, 0.29) is 24.0 Å². The molecule has 0 aromatic rings. The van der Waals surface area contributed by atoms with E-state index >= 15 is 0 Å². The van der Waals surface area contributed by atoms with Crippen LogP contribution in [-0.2, 0) is 0 Å². The van der Waals surface area contributed by atoms with Gasteiger partial charge in [-0.3, -0.25) is 4.99 Å². The van der Waals surface area contributed by atoms with Gasteiger partial charge in [0.15, 0.2) is 5.96 Å². The summed E-state index contributed by atoms with van der Waals surface area (Å²) in [7, 11) is 1.93. The Kier molecular flexibility index (Phi) is 11.5. The minimum absolute atomic E-state index is 0. The topological polar surface area (TPSA) is 34.1 Å². The maximum Gasteiger partial charge on any atom is 0.193 e. The number of rotatable bonds is 7. The highest BCUT2D eigenvalue weighted by molar-refractivity contribution is 14.0. The Morgan fingerprint density at radius 1 is 1.11 bits per heavy atom. The van der Waals surface area contributed by atoms with E-state index < -0.39 is 0 Å². The van der Waals surface area contributed by atoms with Gasteiger partial charge in [-0.05, 0) is 37.1 Å². The van der Waals surface area contributed by atoms with Crippen molar-refractivity contribution < 1.29 is 0 Å². The minimum Gasteiger partial charge on any atom is -0.356 e. The van der Waals surface area contributed by atoms with E-state index in [0.717, 1.165) is 25.6 Å². The molecular formula is C21H44IN5. The Morgan fingerprint density at radius 2 is 1.78 bits per heavy atom. The lowest BCUT2D eigenvalue weighted by molar-refractivity contribution is 0.123. The molecule has 2 atom stereocenters. The molecule has 2 aliphatic rings. The number of likely N-dealkylation sites (N-methyl/N-ethyl adjacent to an activating group) is 1. The van der Waals surface area contributed by atoms with Gasteiger partial charge in [0.25, 0.3) is 0 Å². The van der Waals surface area contributed by atoms with Crippen LogP contribution in [0.2, 0.25) is 0 Å². The quantitative estimate of drug-likeness (QED) is 0.335. The van der Waals surface area contributed by atoms with Crippen LogP contribution in [0.1, 0.15) is 53.4 Å². The van der Waals surface area contributed by atoms with Crippen LogP contribution < -0.4 is 5.32 Å². The molecule has 0 bridgehead atoms. The van der Waals surface area contributed by atoms with Crippen molar-refractivity contribution in [2.24, 2.45) is 16.3 Å². The Bertz CT molecular complexity index is 432. The molecule has 0 radical (unpaired) electrons. The number of likely N-dealkylation sites (tertiary alicyclic amines) is 1. The van der Waals surface area contributed by atoms with Crippen molar-refractivity contribution in [2.45, 2.75) is 53.4 Å². The maximum atomic E-state index is 4.59. The molecule has 6 heteroatoms. The van der Waals surface area contributed by atoms with Gasteiger partial charge in [-0.2, -0.15) is 0 Å². The lowest BCUT2D eigenvalue weighted by atomic mass is 9.78. The molecule has 2 fully saturated rings. The third kappa shape index (κ3) is 8.05. The third-order valence-electron chi connectivity index (χ3n) is 6.24. The van der Waals surface area contributed by atoms with E-state index in [1.165, 1.54) is 65.0 Å². The van der Waals surface area contributed by atoms with Gasteiger partial charge in [0, 0.05) is 59.4 Å². The molecule has 2 rings (SSSR count). The molecular weight excluding hydrogens is 449 g/mol. The highest BCUT2D eigenvalue weighted by Gasteiger charge is 2.31. The maximum absolute atomic E-state index is 4.59. The Morgan fingerprint density at radius 3 is 2.37 bits per heavy atom. The average molecular weight is 494 g/mol. The second-order valence-electron chi connectivity index (χ2n) is 8.85. The van der Waals surface area contributed by atoms with E-state index in [1.54, 1.807) is 0 Å². The number of hydrogen-bond donors (Lipinski definition) is 1. The summed E-state index contributed by atoms with van der Waals surface area (Å²) in [5.41, 5.74) is 0.454. The van der Waals surface area contributed by atoms with Gasteiger partial charge in [-0.1, -0.05) is 34.1 Å². The second-order valence-corrected chi connectivity index (χ2v) is 8.85. The van der Waals surface area contributed by atoms with E-state index in [4.69, 9.17) is 0 Å². The smallest absolute Gasteiger partial charge is 0.193 e. The van der Waals surface area contributed by atoms with Gasteiger partial charge in [-0.15, -0.1) is 24.0 Å². The van der Waals surface area contributed by atoms with Crippen LogP contribution in [0.5, 0.6) is 0 Å². The Labute approximate surface area is 185 Å². The molecule has 0 amide bonds. The summed E-state index contributed by atoms with van der Waals surface area (Å²) in [5, 5.41) is 3.67. The fourth-order valence-corrected chi connectivity index (χ4v) is 4.70. The fourth-order valence-electron chi connectivity index (χ4n) is 4.70. The number of nitrogens with one attached hydrogen (secondary N) is 1. The fraction of sp³-hybridized carbons (Fsp3) is 0.952. The summed E-state index contributed by atoms with van der Waals surface area (Å²) in [6.07, 6.45) is 5.24. The third-order valence-corrected chi connectivity index (χ3v) is 6.24. The van der Waals surface area contributed by atoms with Crippen LogP contribution in [0.3, 0.4) is 0 Å². The predicted octanol–water partition coefficient (Wildman–Crippen LogP) is 3.36. The summed E-state index contributed by atoms with van der Waals surface area (Å²) >= 11 is 0. The summed E-state index contributed by atoms with van der Waals surface area (Å²) in [4.78, 5) is 12.3. The molecule has 5 nitrogen and oxygen atoms in total. The van der Waals surface area contributed by atoms with Gasteiger partial charge in [-0.25, -0.2) is 0 Å². The van der Waals surface area contributed by atoms with E-state index in [0.29, 0.717) is 11.3 Å². The van der Waals surface area contributed by atoms with Crippen LogP contribution in [0.15, 0.2) is 4.99 Å². The highest BCUT2D eigenvalue weighted by Crippen LogP contribution is 2.33. The van der Waals surface area contributed by atoms with Crippen molar-refractivity contribution in [1.29, 1.82) is 0 Å². The minimum atomic E-state index is 0. The van der Waals surface area contributed by atoms with Crippen LogP contribution in [0, 0.1) is 11.3 Å². The van der Waals surface area contributed by atoms with Crippen molar-refractivity contribution >= 4 is 29.9 Å². The highest BCUT2D eigenvalue weighted by atomic mass is 127. The zero-order chi connectivity index (χ0) is 19.0. The monoisotopic (exact) mass is 493 g/mol. The lowest BCUT2D eigenvalue weighted by Gasteiger charge is -2.42. The zero-order valence-corrected chi connectivity index (χ0v) is 20.8. The molecule has 2 aliphatic heterocycles. The van der Waals surface area contributed by atoms with Gasteiger partial charge in [0.05, 0.1) is 0 Å². The van der Waals surface area contributed by atoms with Gasteiger partial charge >= 0.3 is 0 Å². The summed E-state index contributed by atoms with van der Waals surface area (Å²) in [6, 6.07) is 0. The average Bonchev–Trinajstić information content (AvgIpc) is 2.63. The second kappa shape index (κ2) is 12.5. The SMILES string of the molecule is CCCC1(C)CCCN(C(=NC)NCC(C)CN2CCN(CC)CC2)C1.I. The van der Waals surface area contributed by atoms with Crippen LogP contribution in [-0.4, -0.2) is 86.6 Å². The van der Waals surface area contributed by atoms with Gasteiger partial charge in [0.1, 0.15) is 0 Å². The molecule has 2 heterocycles. The first-order valence-corrected chi connectivity index (χ1v) is 10.9. The van der Waals surface area contributed by atoms with Crippen molar-refractivity contribution in [3.05, 3.63) is 0 Å². The number of nitrogens with zero attached hydrogens (tertiary/aromatic N) is 4. The number of guanidine groups is 1. The predicted molar refractivity (Wildman–Crippen MR) is 128 cm³/mol.